The van der Waals surface area contributed by atoms with Crippen LogP contribution in [0.2, 0.25) is 0 Å². The second kappa shape index (κ2) is 20.4. The van der Waals surface area contributed by atoms with Gasteiger partial charge in [0, 0.05) is 25.4 Å². The molecule has 0 aromatic heterocycles. The SMILES string of the molecule is CCCCCCC1CCC(CCCCCCSC(C)=O)[C@@H](CCCCCCSC(C)=O)C1. The molecule has 1 fully saturated rings. The largest absolute Gasteiger partial charge is 0.288 e. The van der Waals surface area contributed by atoms with Crippen LogP contribution >= 0.6 is 23.5 Å². The third-order valence-electron chi connectivity index (χ3n) is 7.26. The van der Waals surface area contributed by atoms with Crippen LogP contribution in [-0.4, -0.2) is 21.7 Å². The number of thioether (sulfide) groups is 2. The topological polar surface area (TPSA) is 34.1 Å². The third kappa shape index (κ3) is 16.6. The van der Waals surface area contributed by atoms with E-state index in [0.717, 1.165) is 29.3 Å². The van der Waals surface area contributed by atoms with Crippen LogP contribution < -0.4 is 0 Å². The maximum atomic E-state index is 11.1. The molecular weight excluding hydrogens is 432 g/mol. The van der Waals surface area contributed by atoms with E-state index < -0.39 is 0 Å². The van der Waals surface area contributed by atoms with E-state index in [4.69, 9.17) is 0 Å². The molecule has 0 radical (unpaired) electrons. The van der Waals surface area contributed by atoms with Gasteiger partial charge in [0.2, 0.25) is 0 Å². The van der Waals surface area contributed by atoms with Gasteiger partial charge in [0.15, 0.2) is 10.2 Å². The van der Waals surface area contributed by atoms with Gasteiger partial charge in [-0.1, -0.05) is 120 Å². The van der Waals surface area contributed by atoms with E-state index in [9.17, 15) is 9.59 Å². The minimum absolute atomic E-state index is 0.261. The minimum Gasteiger partial charge on any atom is -0.288 e. The van der Waals surface area contributed by atoms with Gasteiger partial charge in [0.25, 0.3) is 0 Å². The summed E-state index contributed by atoms with van der Waals surface area (Å²) in [5.41, 5.74) is 0. The van der Waals surface area contributed by atoms with Crippen molar-refractivity contribution in [2.45, 2.75) is 136 Å². The molecule has 0 aliphatic heterocycles. The number of carbonyl (C=O) groups excluding carboxylic acids is 2. The molecule has 1 aliphatic carbocycles. The maximum Gasteiger partial charge on any atom is 0.185 e. The van der Waals surface area contributed by atoms with Crippen molar-refractivity contribution in [2.24, 2.45) is 17.8 Å². The fourth-order valence-electron chi connectivity index (χ4n) is 5.44. The van der Waals surface area contributed by atoms with Crippen molar-refractivity contribution in [3.05, 3.63) is 0 Å². The van der Waals surface area contributed by atoms with Gasteiger partial charge in [-0.25, -0.2) is 0 Å². The number of unbranched alkanes of at least 4 members (excludes halogenated alkanes) is 9. The lowest BCUT2D eigenvalue weighted by Gasteiger charge is -2.37. The molecule has 188 valence electrons. The highest BCUT2D eigenvalue weighted by Crippen LogP contribution is 2.41. The molecule has 0 N–H and O–H groups in total. The van der Waals surface area contributed by atoms with E-state index in [2.05, 4.69) is 6.92 Å². The molecule has 1 saturated carbocycles. The number of hydrogen-bond donors (Lipinski definition) is 0. The average molecular weight is 485 g/mol. The van der Waals surface area contributed by atoms with Crippen molar-refractivity contribution in [1.29, 1.82) is 0 Å². The predicted octanol–water partition coefficient (Wildman–Crippen LogP) is 9.45. The van der Waals surface area contributed by atoms with E-state index in [-0.39, 0.29) is 10.2 Å². The predicted molar refractivity (Wildman–Crippen MR) is 146 cm³/mol. The third-order valence-corrected chi connectivity index (χ3v) is 9.06. The van der Waals surface area contributed by atoms with Crippen molar-refractivity contribution in [2.75, 3.05) is 11.5 Å². The van der Waals surface area contributed by atoms with E-state index in [1.54, 1.807) is 13.8 Å². The molecule has 2 nitrogen and oxygen atoms in total. The Hall–Kier alpha value is 0.0400. The summed E-state index contributed by atoms with van der Waals surface area (Å²) < 4.78 is 0. The van der Waals surface area contributed by atoms with Crippen LogP contribution in [-0.2, 0) is 9.59 Å². The lowest BCUT2D eigenvalue weighted by Crippen LogP contribution is -2.25. The number of carbonyl (C=O) groups is 2. The molecule has 1 aliphatic rings. The van der Waals surface area contributed by atoms with E-state index in [1.165, 1.54) is 139 Å². The van der Waals surface area contributed by atoms with Gasteiger partial charge in [0.05, 0.1) is 0 Å². The first-order chi connectivity index (χ1) is 15.5. The van der Waals surface area contributed by atoms with Gasteiger partial charge >= 0.3 is 0 Å². The van der Waals surface area contributed by atoms with Gasteiger partial charge in [-0.2, -0.15) is 0 Å². The standard InChI is InChI=1S/C28H52O2S2/c1-4-5-6-11-16-26-19-20-27(17-12-7-9-14-21-31-24(2)29)28(23-26)18-13-8-10-15-22-32-25(3)30/h26-28H,4-23H2,1-3H3/t26?,27?,28-/m0/s1. The van der Waals surface area contributed by atoms with Crippen LogP contribution in [0.4, 0.5) is 0 Å². The van der Waals surface area contributed by atoms with Crippen molar-refractivity contribution in [1.82, 2.24) is 0 Å². The highest BCUT2D eigenvalue weighted by Gasteiger charge is 2.29. The Balaban J connectivity index is 2.30. The molecule has 0 amide bonds. The van der Waals surface area contributed by atoms with Crippen LogP contribution in [0.15, 0.2) is 0 Å². The van der Waals surface area contributed by atoms with Crippen molar-refractivity contribution in [3.63, 3.8) is 0 Å². The second-order valence-corrected chi connectivity index (χ2v) is 12.7. The zero-order valence-electron chi connectivity index (χ0n) is 21.5. The lowest BCUT2D eigenvalue weighted by atomic mass is 9.69. The molecular formula is C28H52O2S2. The summed E-state index contributed by atoms with van der Waals surface area (Å²) in [4.78, 5) is 22.1. The Morgan fingerprint density at radius 3 is 1.69 bits per heavy atom. The summed E-state index contributed by atoms with van der Waals surface area (Å²) in [5, 5.41) is 0.523. The molecule has 0 heterocycles. The first-order valence-electron chi connectivity index (χ1n) is 13.8. The molecule has 0 aromatic rings. The first-order valence-corrected chi connectivity index (χ1v) is 15.8. The normalized spacial score (nSPS) is 21.0. The zero-order valence-corrected chi connectivity index (χ0v) is 23.1. The summed E-state index contributed by atoms with van der Waals surface area (Å²) in [6, 6.07) is 0. The molecule has 0 saturated heterocycles. The lowest BCUT2D eigenvalue weighted by molar-refractivity contribution is -0.109. The summed E-state index contributed by atoms with van der Waals surface area (Å²) in [6.45, 7) is 5.66. The molecule has 0 bridgehead atoms. The monoisotopic (exact) mass is 484 g/mol. The van der Waals surface area contributed by atoms with Crippen molar-refractivity contribution < 1.29 is 9.59 Å². The average Bonchev–Trinajstić information content (AvgIpc) is 2.76. The minimum atomic E-state index is 0.261. The summed E-state index contributed by atoms with van der Waals surface area (Å²) in [7, 11) is 0. The fraction of sp³-hybridized carbons (Fsp3) is 0.929. The molecule has 2 unspecified atom stereocenters. The Kier molecular flexibility index (Phi) is 19.2. The summed E-state index contributed by atoms with van der Waals surface area (Å²) >= 11 is 2.98. The molecule has 0 aromatic carbocycles. The quantitative estimate of drug-likeness (QED) is 0.171. The van der Waals surface area contributed by atoms with Gasteiger partial charge < -0.3 is 0 Å². The van der Waals surface area contributed by atoms with Crippen LogP contribution in [0.3, 0.4) is 0 Å². The Morgan fingerprint density at radius 1 is 0.625 bits per heavy atom. The second-order valence-electron chi connectivity index (χ2n) is 10.1. The van der Waals surface area contributed by atoms with Gasteiger partial charge in [0.1, 0.15) is 0 Å². The molecule has 0 spiro atoms. The van der Waals surface area contributed by atoms with E-state index in [1.807, 2.05) is 0 Å². The van der Waals surface area contributed by atoms with E-state index in [0.29, 0.717) is 0 Å². The first kappa shape index (κ1) is 30.1. The smallest absolute Gasteiger partial charge is 0.185 e. The van der Waals surface area contributed by atoms with Gasteiger partial charge in [-0.05, 0) is 43.4 Å². The highest BCUT2D eigenvalue weighted by atomic mass is 32.2. The summed E-state index contributed by atoms with van der Waals surface area (Å²) in [5.74, 6) is 4.92. The van der Waals surface area contributed by atoms with Crippen molar-refractivity contribution in [3.8, 4) is 0 Å². The molecule has 32 heavy (non-hydrogen) atoms. The van der Waals surface area contributed by atoms with E-state index >= 15 is 0 Å². The summed E-state index contributed by atoms with van der Waals surface area (Å²) in [6.07, 6.45) is 24.8. The van der Waals surface area contributed by atoms with Gasteiger partial charge in [-0.15, -0.1) is 0 Å². The maximum absolute atomic E-state index is 11.1. The Morgan fingerprint density at radius 2 is 1.12 bits per heavy atom. The zero-order chi connectivity index (χ0) is 23.4. The fourth-order valence-corrected chi connectivity index (χ4v) is 6.71. The molecule has 4 heteroatoms. The van der Waals surface area contributed by atoms with Crippen LogP contribution in [0.25, 0.3) is 0 Å². The van der Waals surface area contributed by atoms with Crippen LogP contribution in [0.5, 0.6) is 0 Å². The Bertz CT molecular complexity index is 480. The number of hydrogen-bond acceptors (Lipinski definition) is 4. The highest BCUT2D eigenvalue weighted by molar-refractivity contribution is 8.13. The molecule has 1 rings (SSSR count). The van der Waals surface area contributed by atoms with Crippen LogP contribution in [0, 0.1) is 17.8 Å². The molecule has 3 atom stereocenters. The Labute approximate surface area is 208 Å². The van der Waals surface area contributed by atoms with Crippen LogP contribution in [0.1, 0.15) is 136 Å². The van der Waals surface area contributed by atoms with Gasteiger partial charge in [-0.3, -0.25) is 9.59 Å². The number of rotatable bonds is 19. The van der Waals surface area contributed by atoms with Crippen molar-refractivity contribution >= 4 is 33.8 Å².